The minimum absolute atomic E-state index is 0.0573. The van der Waals surface area contributed by atoms with Gasteiger partial charge in [0.15, 0.2) is 0 Å². The second-order valence-corrected chi connectivity index (χ2v) is 9.24. The Balaban J connectivity index is 1.61. The number of nitrogens with zero attached hydrogens (tertiary/aromatic N) is 2. The highest BCUT2D eigenvalue weighted by Gasteiger charge is 2.24. The van der Waals surface area contributed by atoms with Crippen LogP contribution in [-0.4, -0.2) is 42.9 Å². The molecule has 1 aliphatic rings. The maximum absolute atomic E-state index is 13.0. The number of benzene rings is 2. The van der Waals surface area contributed by atoms with Crippen LogP contribution in [0.15, 0.2) is 36.4 Å². The van der Waals surface area contributed by atoms with E-state index in [2.05, 4.69) is 10.2 Å². The Bertz CT molecular complexity index is 1140. The normalized spacial score (nSPS) is 14.3. The molecule has 0 saturated carbocycles. The number of nitrogens with one attached hydrogen (secondary N) is 1. The molecule has 2 aromatic carbocycles. The van der Waals surface area contributed by atoms with Crippen molar-refractivity contribution >= 4 is 79.4 Å². The summed E-state index contributed by atoms with van der Waals surface area (Å²) in [4.78, 5) is 29.0. The van der Waals surface area contributed by atoms with E-state index >= 15 is 0 Å². The Morgan fingerprint density at radius 2 is 1.77 bits per heavy atom. The molecular formula is C21H18Cl3N3O2S. The van der Waals surface area contributed by atoms with E-state index in [1.165, 1.54) is 11.3 Å². The number of halogens is 3. The molecule has 0 spiro atoms. The molecule has 0 aliphatic carbocycles. The molecule has 1 fully saturated rings. The molecule has 4 rings (SSSR count). The third-order valence-electron chi connectivity index (χ3n) is 5.07. The zero-order valence-corrected chi connectivity index (χ0v) is 19.1. The first kappa shape index (κ1) is 21.2. The van der Waals surface area contributed by atoms with Crippen LogP contribution in [0.2, 0.25) is 15.1 Å². The molecule has 0 atom stereocenters. The first-order valence-electron chi connectivity index (χ1n) is 9.33. The van der Waals surface area contributed by atoms with E-state index in [4.69, 9.17) is 34.8 Å². The van der Waals surface area contributed by atoms with Gasteiger partial charge in [-0.3, -0.25) is 9.59 Å². The predicted molar refractivity (Wildman–Crippen MR) is 126 cm³/mol. The molecule has 3 aromatic rings. The molecule has 2 amide bonds. The van der Waals surface area contributed by atoms with E-state index in [1.54, 1.807) is 36.1 Å². The zero-order valence-electron chi connectivity index (χ0n) is 16.0. The third-order valence-corrected chi connectivity index (χ3v) is 7.27. The largest absolute Gasteiger partial charge is 0.365 e. The molecule has 1 aromatic heterocycles. The van der Waals surface area contributed by atoms with Crippen LogP contribution < -0.4 is 10.2 Å². The van der Waals surface area contributed by atoms with Gasteiger partial charge in [-0.25, -0.2) is 0 Å². The molecule has 2 heterocycles. The molecular weight excluding hydrogens is 465 g/mol. The highest BCUT2D eigenvalue weighted by atomic mass is 35.5. The fraction of sp³-hybridized carbons (Fsp3) is 0.238. The lowest BCUT2D eigenvalue weighted by molar-refractivity contribution is -0.129. The summed E-state index contributed by atoms with van der Waals surface area (Å²) < 4.78 is 0.851. The van der Waals surface area contributed by atoms with Crippen LogP contribution >= 0.6 is 46.1 Å². The molecule has 30 heavy (non-hydrogen) atoms. The Morgan fingerprint density at radius 3 is 2.47 bits per heavy atom. The summed E-state index contributed by atoms with van der Waals surface area (Å²) in [5.74, 6) is -0.245. The number of anilines is 2. The van der Waals surface area contributed by atoms with Crippen LogP contribution in [0.5, 0.6) is 0 Å². The van der Waals surface area contributed by atoms with Gasteiger partial charge in [0.1, 0.15) is 4.88 Å². The topological polar surface area (TPSA) is 52.7 Å². The zero-order chi connectivity index (χ0) is 21.4. The van der Waals surface area contributed by atoms with Crippen LogP contribution in [-0.2, 0) is 4.79 Å². The van der Waals surface area contributed by atoms with Crippen molar-refractivity contribution in [3.63, 3.8) is 0 Å². The predicted octanol–water partition coefficient (Wildman–Crippen LogP) is 5.78. The number of hydrogen-bond acceptors (Lipinski definition) is 4. The minimum atomic E-state index is -0.303. The summed E-state index contributed by atoms with van der Waals surface area (Å²) >= 11 is 20.3. The molecule has 1 saturated heterocycles. The quantitative estimate of drug-likeness (QED) is 0.515. The number of para-hydroxylation sites is 1. The Kier molecular flexibility index (Phi) is 6.11. The van der Waals surface area contributed by atoms with Gasteiger partial charge < -0.3 is 15.1 Å². The number of fused-ring (bicyclic) bond motifs is 1. The van der Waals surface area contributed by atoms with Crippen molar-refractivity contribution in [2.45, 2.75) is 6.92 Å². The Labute approximate surface area is 193 Å². The number of piperazine rings is 1. The number of amides is 2. The van der Waals surface area contributed by atoms with Crippen LogP contribution in [0.1, 0.15) is 16.6 Å². The van der Waals surface area contributed by atoms with Crippen LogP contribution in [0, 0.1) is 0 Å². The molecule has 1 N–H and O–H groups in total. The third kappa shape index (κ3) is 4.10. The van der Waals surface area contributed by atoms with Gasteiger partial charge in [-0.15, -0.1) is 11.3 Å². The van der Waals surface area contributed by atoms with Crippen LogP contribution in [0.25, 0.3) is 10.1 Å². The lowest BCUT2D eigenvalue weighted by Gasteiger charge is -2.36. The van der Waals surface area contributed by atoms with Gasteiger partial charge in [-0.2, -0.15) is 0 Å². The molecule has 1 aliphatic heterocycles. The maximum Gasteiger partial charge on any atom is 0.267 e. The van der Waals surface area contributed by atoms with Crippen LogP contribution in [0.3, 0.4) is 0 Å². The molecule has 156 valence electrons. The SMILES string of the molecule is CC(=O)N1CCN(c2c(Cl)cccc2NC(=O)c2sc3cc(Cl)ccc3c2Cl)CC1. The van der Waals surface area contributed by atoms with Crippen molar-refractivity contribution in [3.05, 3.63) is 56.3 Å². The van der Waals surface area contributed by atoms with Gasteiger partial charge in [0.25, 0.3) is 5.91 Å². The van der Waals surface area contributed by atoms with E-state index in [1.807, 2.05) is 12.1 Å². The van der Waals surface area contributed by atoms with Gasteiger partial charge in [0, 0.05) is 48.2 Å². The van der Waals surface area contributed by atoms with E-state index < -0.39 is 0 Å². The van der Waals surface area contributed by atoms with Gasteiger partial charge >= 0.3 is 0 Å². The number of carbonyl (C=O) groups excluding carboxylic acids is 2. The van der Waals surface area contributed by atoms with Gasteiger partial charge in [0.2, 0.25) is 5.91 Å². The molecule has 5 nitrogen and oxygen atoms in total. The highest BCUT2D eigenvalue weighted by molar-refractivity contribution is 7.21. The average Bonchev–Trinajstić information content (AvgIpc) is 3.04. The van der Waals surface area contributed by atoms with E-state index in [0.29, 0.717) is 51.8 Å². The van der Waals surface area contributed by atoms with Crippen molar-refractivity contribution in [2.24, 2.45) is 0 Å². The summed E-state index contributed by atoms with van der Waals surface area (Å²) in [6.45, 7) is 4.05. The van der Waals surface area contributed by atoms with Crippen LogP contribution in [0.4, 0.5) is 11.4 Å². The van der Waals surface area contributed by atoms with Crippen molar-refractivity contribution in [1.29, 1.82) is 0 Å². The Hall–Kier alpha value is -1.99. The minimum Gasteiger partial charge on any atom is -0.365 e. The Morgan fingerprint density at radius 1 is 1.03 bits per heavy atom. The summed E-state index contributed by atoms with van der Waals surface area (Å²) in [6, 6.07) is 10.8. The first-order chi connectivity index (χ1) is 14.3. The highest BCUT2D eigenvalue weighted by Crippen LogP contribution is 2.39. The fourth-order valence-corrected chi connectivity index (χ4v) is 5.53. The number of carbonyl (C=O) groups is 2. The fourth-order valence-electron chi connectivity index (χ4n) is 3.55. The number of thiophene rings is 1. The second-order valence-electron chi connectivity index (χ2n) is 6.97. The van der Waals surface area contributed by atoms with Crippen molar-refractivity contribution in [2.75, 3.05) is 36.4 Å². The molecule has 0 bridgehead atoms. The monoisotopic (exact) mass is 481 g/mol. The lowest BCUT2D eigenvalue weighted by Crippen LogP contribution is -2.48. The first-order valence-corrected chi connectivity index (χ1v) is 11.3. The maximum atomic E-state index is 13.0. The second kappa shape index (κ2) is 8.63. The average molecular weight is 483 g/mol. The van der Waals surface area contributed by atoms with E-state index in [-0.39, 0.29) is 11.8 Å². The summed E-state index contributed by atoms with van der Waals surface area (Å²) in [7, 11) is 0. The van der Waals surface area contributed by atoms with Gasteiger partial charge in [0.05, 0.1) is 21.4 Å². The number of hydrogen-bond donors (Lipinski definition) is 1. The lowest BCUT2D eigenvalue weighted by atomic mass is 10.2. The summed E-state index contributed by atoms with van der Waals surface area (Å²) in [5, 5.41) is 5.29. The van der Waals surface area contributed by atoms with E-state index in [0.717, 1.165) is 15.8 Å². The van der Waals surface area contributed by atoms with Gasteiger partial charge in [-0.1, -0.05) is 46.9 Å². The smallest absolute Gasteiger partial charge is 0.267 e. The number of rotatable bonds is 3. The van der Waals surface area contributed by atoms with Crippen molar-refractivity contribution < 1.29 is 9.59 Å². The standard InChI is InChI=1S/C21H18Cl3N3O2S/c1-12(28)26-7-9-27(10-8-26)19-15(23)3-2-4-16(19)25-21(29)20-18(24)14-6-5-13(22)11-17(14)30-20/h2-6,11H,7-10H2,1H3,(H,25,29). The van der Waals surface area contributed by atoms with E-state index in [9.17, 15) is 9.59 Å². The van der Waals surface area contributed by atoms with Crippen molar-refractivity contribution in [3.8, 4) is 0 Å². The summed E-state index contributed by atoms with van der Waals surface area (Å²) in [6.07, 6.45) is 0. The van der Waals surface area contributed by atoms with Crippen molar-refractivity contribution in [1.82, 2.24) is 4.90 Å². The molecule has 0 unspecified atom stereocenters. The summed E-state index contributed by atoms with van der Waals surface area (Å²) in [5.41, 5.74) is 1.35. The van der Waals surface area contributed by atoms with Gasteiger partial charge in [-0.05, 0) is 24.3 Å². The molecule has 0 radical (unpaired) electrons. The molecule has 9 heteroatoms.